The molecule has 0 bridgehead atoms. The smallest absolute Gasteiger partial charge is 0.313 e. The number of hydrogen-bond donors (Lipinski definition) is 2. The summed E-state index contributed by atoms with van der Waals surface area (Å²) < 4.78 is 0. The van der Waals surface area contributed by atoms with E-state index in [0.717, 1.165) is 32.4 Å². The van der Waals surface area contributed by atoms with Crippen molar-refractivity contribution in [1.82, 2.24) is 4.90 Å². The molecule has 3 fully saturated rings. The Kier molecular flexibility index (Phi) is 5.85. The van der Waals surface area contributed by atoms with Crippen LogP contribution in [0.3, 0.4) is 0 Å². The molecule has 1 aromatic carbocycles. The van der Waals surface area contributed by atoms with Crippen LogP contribution in [0.1, 0.15) is 44.9 Å². The van der Waals surface area contributed by atoms with Crippen molar-refractivity contribution in [3.05, 3.63) is 24.3 Å². The van der Waals surface area contributed by atoms with E-state index in [1.54, 1.807) is 4.90 Å². The monoisotopic (exact) mass is 385 g/mol. The highest BCUT2D eigenvalue weighted by molar-refractivity contribution is 6.39. The molecule has 0 spiro atoms. The average molecular weight is 386 g/mol. The molecule has 6 heteroatoms. The quantitative estimate of drug-likeness (QED) is 0.768. The van der Waals surface area contributed by atoms with Gasteiger partial charge in [-0.05, 0) is 68.2 Å². The van der Waals surface area contributed by atoms with Gasteiger partial charge in [-0.2, -0.15) is 0 Å². The van der Waals surface area contributed by atoms with E-state index in [-0.39, 0.29) is 6.10 Å². The van der Waals surface area contributed by atoms with Gasteiger partial charge >= 0.3 is 11.8 Å². The number of nitrogens with one attached hydrogen (secondary N) is 1. The largest absolute Gasteiger partial charge is 0.393 e. The number of fused-ring (bicyclic) bond motifs is 1. The second kappa shape index (κ2) is 8.52. The minimum absolute atomic E-state index is 0.257. The van der Waals surface area contributed by atoms with E-state index in [1.807, 2.05) is 24.3 Å². The molecule has 28 heavy (non-hydrogen) atoms. The van der Waals surface area contributed by atoms with Crippen LogP contribution in [-0.2, 0) is 9.59 Å². The van der Waals surface area contributed by atoms with Gasteiger partial charge in [-0.25, -0.2) is 0 Å². The highest BCUT2D eigenvalue weighted by Gasteiger charge is 2.40. The first-order valence-corrected chi connectivity index (χ1v) is 10.7. The number of benzene rings is 1. The van der Waals surface area contributed by atoms with Gasteiger partial charge in [-0.1, -0.05) is 12.8 Å². The molecule has 2 aliphatic heterocycles. The second-order valence-corrected chi connectivity index (χ2v) is 8.60. The minimum atomic E-state index is -0.568. The van der Waals surface area contributed by atoms with Crippen LogP contribution in [0.4, 0.5) is 11.4 Å². The van der Waals surface area contributed by atoms with Crippen LogP contribution < -0.4 is 10.2 Å². The summed E-state index contributed by atoms with van der Waals surface area (Å²) in [4.78, 5) is 29.1. The lowest BCUT2D eigenvalue weighted by molar-refractivity contribution is -0.142. The SMILES string of the molecule is O=C(Nc1ccc(N2CCCCCC2)cc1)C(=O)N1CC2CCC(O)CC2C1. The zero-order valence-electron chi connectivity index (χ0n) is 16.5. The maximum Gasteiger partial charge on any atom is 0.313 e. The molecular formula is C22H31N3O3. The zero-order chi connectivity index (χ0) is 19.5. The number of carbonyl (C=O) groups is 2. The van der Waals surface area contributed by atoms with Crippen molar-refractivity contribution in [2.45, 2.75) is 51.0 Å². The molecule has 4 rings (SSSR count). The summed E-state index contributed by atoms with van der Waals surface area (Å²) >= 11 is 0. The molecule has 152 valence electrons. The normalized spacial score (nSPS) is 27.8. The second-order valence-electron chi connectivity index (χ2n) is 8.60. The molecule has 2 amide bonds. The Morgan fingerprint density at radius 1 is 0.929 bits per heavy atom. The summed E-state index contributed by atoms with van der Waals surface area (Å²) in [6, 6.07) is 7.81. The van der Waals surface area contributed by atoms with Crippen LogP contribution in [0.25, 0.3) is 0 Å². The van der Waals surface area contributed by atoms with Crippen molar-refractivity contribution >= 4 is 23.2 Å². The van der Waals surface area contributed by atoms with Crippen LogP contribution >= 0.6 is 0 Å². The standard InChI is InChI=1S/C22H31N3O3/c26-20-10-5-16-14-25(15-17(16)13-20)22(28)21(27)23-18-6-8-19(9-7-18)24-11-3-1-2-4-12-24/h6-9,16-17,20,26H,1-5,10-15H2,(H,23,27). The van der Waals surface area contributed by atoms with Crippen LogP contribution in [0.2, 0.25) is 0 Å². The summed E-state index contributed by atoms with van der Waals surface area (Å²) in [7, 11) is 0. The first-order valence-electron chi connectivity index (χ1n) is 10.7. The number of rotatable bonds is 2. The lowest BCUT2D eigenvalue weighted by Crippen LogP contribution is -2.38. The van der Waals surface area contributed by atoms with E-state index in [2.05, 4.69) is 10.2 Å². The third-order valence-electron chi connectivity index (χ3n) is 6.60. The Morgan fingerprint density at radius 3 is 2.32 bits per heavy atom. The van der Waals surface area contributed by atoms with Gasteiger partial charge in [0.15, 0.2) is 0 Å². The Bertz CT molecular complexity index is 697. The Morgan fingerprint density at radius 2 is 1.61 bits per heavy atom. The highest BCUT2D eigenvalue weighted by atomic mass is 16.3. The number of aliphatic hydroxyl groups is 1. The van der Waals surface area contributed by atoms with E-state index in [1.165, 1.54) is 31.4 Å². The van der Waals surface area contributed by atoms with Crippen molar-refractivity contribution in [3.8, 4) is 0 Å². The number of anilines is 2. The summed E-state index contributed by atoms with van der Waals surface area (Å²) in [6.45, 7) is 3.38. The number of nitrogens with zero attached hydrogens (tertiary/aromatic N) is 2. The molecule has 2 heterocycles. The number of carbonyl (C=O) groups excluding carboxylic acids is 2. The summed E-state index contributed by atoms with van der Waals surface area (Å²) in [6.07, 6.45) is 7.27. The first kappa shape index (κ1) is 19.2. The number of hydrogen-bond acceptors (Lipinski definition) is 4. The maximum atomic E-state index is 12.6. The molecule has 2 N–H and O–H groups in total. The van der Waals surface area contributed by atoms with Crippen molar-refractivity contribution in [3.63, 3.8) is 0 Å². The van der Waals surface area contributed by atoms with Gasteiger partial charge < -0.3 is 20.2 Å². The average Bonchev–Trinajstić information content (AvgIpc) is 2.92. The van der Waals surface area contributed by atoms with E-state index in [4.69, 9.17) is 0 Å². The molecular weight excluding hydrogens is 354 g/mol. The first-order chi connectivity index (χ1) is 13.6. The van der Waals surface area contributed by atoms with E-state index < -0.39 is 11.8 Å². The minimum Gasteiger partial charge on any atom is -0.393 e. The van der Waals surface area contributed by atoms with Crippen LogP contribution in [0.5, 0.6) is 0 Å². The molecule has 2 saturated heterocycles. The van der Waals surface area contributed by atoms with Crippen LogP contribution in [0, 0.1) is 11.8 Å². The van der Waals surface area contributed by atoms with Gasteiger partial charge in [0.05, 0.1) is 6.10 Å². The third-order valence-corrected chi connectivity index (χ3v) is 6.60. The predicted octanol–water partition coefficient (Wildman–Crippen LogP) is 2.62. The fourth-order valence-corrected chi connectivity index (χ4v) is 4.99. The Labute approximate surface area is 166 Å². The van der Waals surface area contributed by atoms with E-state index in [0.29, 0.717) is 30.6 Å². The maximum absolute atomic E-state index is 12.6. The third kappa shape index (κ3) is 4.32. The molecule has 3 aliphatic rings. The fourth-order valence-electron chi connectivity index (χ4n) is 4.99. The summed E-state index contributed by atoms with van der Waals surface area (Å²) in [5.41, 5.74) is 1.83. The zero-order valence-corrected chi connectivity index (χ0v) is 16.5. The van der Waals surface area contributed by atoms with Gasteiger partial charge in [0, 0.05) is 37.6 Å². The van der Waals surface area contributed by atoms with Crippen molar-refractivity contribution in [2.24, 2.45) is 11.8 Å². The molecule has 1 aromatic rings. The number of aliphatic hydroxyl groups excluding tert-OH is 1. The van der Waals surface area contributed by atoms with Gasteiger partial charge in [0.25, 0.3) is 0 Å². The topological polar surface area (TPSA) is 72.9 Å². The van der Waals surface area contributed by atoms with Gasteiger partial charge in [0.2, 0.25) is 0 Å². The molecule has 6 nitrogen and oxygen atoms in total. The van der Waals surface area contributed by atoms with Gasteiger partial charge in [0.1, 0.15) is 0 Å². The van der Waals surface area contributed by atoms with Crippen molar-refractivity contribution in [1.29, 1.82) is 0 Å². The summed E-state index contributed by atoms with van der Waals surface area (Å²) in [5, 5.41) is 12.6. The lowest BCUT2D eigenvalue weighted by atomic mass is 9.80. The van der Waals surface area contributed by atoms with Crippen molar-refractivity contribution in [2.75, 3.05) is 36.4 Å². The van der Waals surface area contributed by atoms with Gasteiger partial charge in [-0.15, -0.1) is 0 Å². The molecule has 0 radical (unpaired) electrons. The molecule has 1 aliphatic carbocycles. The van der Waals surface area contributed by atoms with E-state index in [9.17, 15) is 14.7 Å². The molecule has 3 atom stereocenters. The number of likely N-dealkylation sites (tertiary alicyclic amines) is 1. The highest BCUT2D eigenvalue weighted by Crippen LogP contribution is 2.36. The fraction of sp³-hybridized carbons (Fsp3) is 0.636. The van der Waals surface area contributed by atoms with Crippen molar-refractivity contribution < 1.29 is 14.7 Å². The molecule has 3 unspecified atom stereocenters. The lowest BCUT2D eigenvalue weighted by Gasteiger charge is -2.27. The van der Waals surface area contributed by atoms with Crippen LogP contribution in [0.15, 0.2) is 24.3 Å². The Balaban J connectivity index is 1.32. The van der Waals surface area contributed by atoms with E-state index >= 15 is 0 Å². The van der Waals surface area contributed by atoms with Crippen LogP contribution in [-0.4, -0.2) is 54.1 Å². The number of amides is 2. The Hall–Kier alpha value is -2.08. The summed E-state index contributed by atoms with van der Waals surface area (Å²) in [5.74, 6) is -0.274. The predicted molar refractivity (Wildman–Crippen MR) is 109 cm³/mol. The molecule has 0 aromatic heterocycles. The molecule has 1 saturated carbocycles. The van der Waals surface area contributed by atoms with Gasteiger partial charge in [-0.3, -0.25) is 9.59 Å².